The van der Waals surface area contributed by atoms with Gasteiger partial charge in [0.25, 0.3) is 0 Å². The normalized spacial score (nSPS) is 22.7. The molecule has 1 saturated heterocycles. The van der Waals surface area contributed by atoms with Gasteiger partial charge in [0.15, 0.2) is 5.78 Å². The molecule has 0 spiro atoms. The highest BCUT2D eigenvalue weighted by molar-refractivity contribution is 9.10. The highest BCUT2D eigenvalue weighted by atomic mass is 79.9. The van der Waals surface area contributed by atoms with E-state index in [0.29, 0.717) is 0 Å². The van der Waals surface area contributed by atoms with Crippen LogP contribution in [0.2, 0.25) is 0 Å². The van der Waals surface area contributed by atoms with Gasteiger partial charge < -0.3 is 0 Å². The molecule has 1 aromatic carbocycles. The van der Waals surface area contributed by atoms with Crippen LogP contribution in [0.3, 0.4) is 0 Å². The van der Waals surface area contributed by atoms with Gasteiger partial charge in [-0.25, -0.2) is 0 Å². The second-order valence-corrected chi connectivity index (χ2v) is 6.77. The lowest BCUT2D eigenvalue weighted by atomic mass is 10.0. The van der Waals surface area contributed by atoms with Gasteiger partial charge in [-0.05, 0) is 31.9 Å². The van der Waals surface area contributed by atoms with Crippen molar-refractivity contribution in [3.05, 3.63) is 34.3 Å². The molecule has 108 valence electrons. The van der Waals surface area contributed by atoms with Gasteiger partial charge in [0.1, 0.15) is 0 Å². The summed E-state index contributed by atoms with van der Waals surface area (Å²) in [5.74, 6) is 0.234. The Kier molecular flexibility index (Phi) is 4.24. The first kappa shape index (κ1) is 14.2. The Bertz CT molecular complexity index is 476. The Balaban J connectivity index is 1.59. The van der Waals surface area contributed by atoms with Gasteiger partial charge >= 0.3 is 0 Å². The minimum Gasteiger partial charge on any atom is -0.298 e. The number of hydrogen-bond donors (Lipinski definition) is 0. The minimum absolute atomic E-state index is 0.0162. The number of rotatable bonds is 4. The Morgan fingerprint density at radius 2 is 1.75 bits per heavy atom. The summed E-state index contributed by atoms with van der Waals surface area (Å²) in [4.78, 5) is 17.4. The van der Waals surface area contributed by atoms with Gasteiger partial charge in [0.2, 0.25) is 0 Å². The molecule has 0 radical (unpaired) electrons. The summed E-state index contributed by atoms with van der Waals surface area (Å²) in [5, 5.41) is 0. The van der Waals surface area contributed by atoms with Crippen LogP contribution in [0.15, 0.2) is 28.7 Å². The quantitative estimate of drug-likeness (QED) is 0.790. The van der Waals surface area contributed by atoms with Gasteiger partial charge in [-0.15, -0.1) is 0 Å². The average molecular weight is 337 g/mol. The topological polar surface area (TPSA) is 23.6 Å². The van der Waals surface area contributed by atoms with Gasteiger partial charge in [-0.1, -0.05) is 28.1 Å². The molecule has 1 unspecified atom stereocenters. The fourth-order valence-corrected chi connectivity index (χ4v) is 3.22. The van der Waals surface area contributed by atoms with Crippen LogP contribution in [0, 0.1) is 0 Å². The summed E-state index contributed by atoms with van der Waals surface area (Å²) in [6, 6.07) is 8.51. The number of hydrogen-bond acceptors (Lipinski definition) is 3. The Hall–Kier alpha value is -0.710. The van der Waals surface area contributed by atoms with E-state index in [1.165, 1.54) is 12.8 Å². The largest absolute Gasteiger partial charge is 0.298 e. The summed E-state index contributed by atoms with van der Waals surface area (Å²) in [7, 11) is 0. The van der Waals surface area contributed by atoms with E-state index in [9.17, 15) is 4.79 Å². The second kappa shape index (κ2) is 5.96. The summed E-state index contributed by atoms with van der Waals surface area (Å²) in [6.45, 7) is 6.29. The Morgan fingerprint density at radius 1 is 1.15 bits per heavy atom. The number of carbonyl (C=O) groups is 1. The number of ketones is 1. The van der Waals surface area contributed by atoms with E-state index in [2.05, 4.69) is 25.7 Å². The maximum absolute atomic E-state index is 12.5. The van der Waals surface area contributed by atoms with Crippen molar-refractivity contribution in [1.29, 1.82) is 0 Å². The molecule has 0 N–H and O–H groups in total. The molecule has 20 heavy (non-hydrogen) atoms. The lowest BCUT2D eigenvalue weighted by molar-refractivity contribution is 0.0687. The maximum atomic E-state index is 12.5. The smallest absolute Gasteiger partial charge is 0.179 e. The van der Waals surface area contributed by atoms with Crippen LogP contribution in [-0.2, 0) is 0 Å². The zero-order valence-electron chi connectivity index (χ0n) is 11.9. The first-order valence-corrected chi connectivity index (χ1v) is 8.22. The average Bonchev–Trinajstić information content (AvgIpc) is 3.31. The van der Waals surface area contributed by atoms with Crippen LogP contribution in [0.4, 0.5) is 0 Å². The first-order valence-electron chi connectivity index (χ1n) is 7.43. The maximum Gasteiger partial charge on any atom is 0.179 e. The minimum atomic E-state index is -0.0162. The van der Waals surface area contributed by atoms with E-state index in [0.717, 1.165) is 42.3 Å². The molecule has 3 rings (SSSR count). The van der Waals surface area contributed by atoms with E-state index in [1.807, 2.05) is 31.2 Å². The molecule has 4 heteroatoms. The monoisotopic (exact) mass is 336 g/mol. The van der Waals surface area contributed by atoms with Crippen molar-refractivity contribution in [3.63, 3.8) is 0 Å². The molecule has 1 saturated carbocycles. The van der Waals surface area contributed by atoms with Crippen molar-refractivity contribution >= 4 is 21.7 Å². The third kappa shape index (κ3) is 3.13. The molecule has 1 aromatic rings. The third-order valence-electron chi connectivity index (χ3n) is 4.47. The van der Waals surface area contributed by atoms with Crippen LogP contribution < -0.4 is 0 Å². The van der Waals surface area contributed by atoms with E-state index in [-0.39, 0.29) is 11.8 Å². The number of carbonyl (C=O) groups excluding carboxylic acids is 1. The van der Waals surface area contributed by atoms with E-state index >= 15 is 0 Å². The molecular formula is C16H21BrN2O. The first-order chi connectivity index (χ1) is 9.65. The van der Waals surface area contributed by atoms with Crippen LogP contribution in [0.5, 0.6) is 0 Å². The van der Waals surface area contributed by atoms with E-state index in [1.54, 1.807) is 0 Å². The number of Topliss-reactive ketones (excluding diaryl/α,β-unsaturated/α-hetero) is 1. The van der Waals surface area contributed by atoms with Gasteiger partial charge in [0.05, 0.1) is 6.04 Å². The SMILES string of the molecule is CC(C(=O)c1ccc(Br)cc1)N1CCN(C2CC2)CC1. The molecule has 0 amide bonds. The summed E-state index contributed by atoms with van der Waals surface area (Å²) in [6.07, 6.45) is 2.74. The molecule has 1 aliphatic heterocycles. The lowest BCUT2D eigenvalue weighted by Gasteiger charge is -2.37. The van der Waals surface area contributed by atoms with Gasteiger partial charge in [0, 0.05) is 42.3 Å². The molecule has 3 nitrogen and oxygen atoms in total. The van der Waals surface area contributed by atoms with Crippen molar-refractivity contribution < 1.29 is 4.79 Å². The highest BCUT2D eigenvalue weighted by Gasteiger charge is 2.33. The molecule has 0 aromatic heterocycles. The van der Waals surface area contributed by atoms with Crippen LogP contribution in [0.1, 0.15) is 30.1 Å². The zero-order valence-corrected chi connectivity index (χ0v) is 13.5. The summed E-state index contributed by atoms with van der Waals surface area (Å²) < 4.78 is 1.01. The lowest BCUT2D eigenvalue weighted by Crippen LogP contribution is -2.52. The standard InChI is InChI=1S/C16H21BrN2O/c1-12(16(20)13-2-4-14(17)5-3-13)18-8-10-19(11-9-18)15-6-7-15/h2-5,12,15H,6-11H2,1H3. The molecule has 1 atom stereocenters. The summed E-state index contributed by atoms with van der Waals surface area (Å²) >= 11 is 3.41. The molecular weight excluding hydrogens is 316 g/mol. The van der Waals surface area contributed by atoms with Crippen LogP contribution >= 0.6 is 15.9 Å². The van der Waals surface area contributed by atoms with Crippen molar-refractivity contribution in [1.82, 2.24) is 9.80 Å². The third-order valence-corrected chi connectivity index (χ3v) is 5.00. The predicted octanol–water partition coefficient (Wildman–Crippen LogP) is 2.80. The zero-order chi connectivity index (χ0) is 14.1. The molecule has 1 heterocycles. The Labute approximate surface area is 129 Å². The van der Waals surface area contributed by atoms with Crippen LogP contribution in [0.25, 0.3) is 0 Å². The van der Waals surface area contributed by atoms with E-state index in [4.69, 9.17) is 0 Å². The summed E-state index contributed by atoms with van der Waals surface area (Å²) in [5.41, 5.74) is 0.810. The molecule has 0 bridgehead atoms. The van der Waals surface area contributed by atoms with Gasteiger partial charge in [-0.2, -0.15) is 0 Å². The molecule has 2 aliphatic rings. The number of halogens is 1. The fourth-order valence-electron chi connectivity index (χ4n) is 2.95. The van der Waals surface area contributed by atoms with Gasteiger partial charge in [-0.3, -0.25) is 14.6 Å². The van der Waals surface area contributed by atoms with Crippen molar-refractivity contribution in [3.8, 4) is 0 Å². The van der Waals surface area contributed by atoms with Crippen molar-refractivity contribution in [2.45, 2.75) is 31.8 Å². The number of nitrogens with zero attached hydrogens (tertiary/aromatic N) is 2. The predicted molar refractivity (Wildman–Crippen MR) is 84.1 cm³/mol. The van der Waals surface area contributed by atoms with Crippen molar-refractivity contribution in [2.24, 2.45) is 0 Å². The molecule has 1 aliphatic carbocycles. The van der Waals surface area contributed by atoms with E-state index < -0.39 is 0 Å². The Morgan fingerprint density at radius 3 is 2.30 bits per heavy atom. The molecule has 2 fully saturated rings. The number of benzene rings is 1. The number of piperazine rings is 1. The van der Waals surface area contributed by atoms with Crippen molar-refractivity contribution in [2.75, 3.05) is 26.2 Å². The second-order valence-electron chi connectivity index (χ2n) is 5.85. The fraction of sp³-hybridized carbons (Fsp3) is 0.562. The highest BCUT2D eigenvalue weighted by Crippen LogP contribution is 2.27. The van der Waals surface area contributed by atoms with Crippen LogP contribution in [-0.4, -0.2) is 53.8 Å².